The average molecular weight is 212 g/mol. The molecule has 3 atom stereocenters. The molecule has 0 radical (unpaired) electrons. The maximum absolute atomic E-state index is 10.4. The molecule has 0 aliphatic heterocycles. The summed E-state index contributed by atoms with van der Waals surface area (Å²) in [4.78, 5) is 16.9. The highest BCUT2D eigenvalue weighted by Crippen LogP contribution is 2.40. The smallest absolute Gasteiger partial charge is 0.390 e. The first-order valence-corrected chi connectivity index (χ1v) is 5.53. The van der Waals surface area contributed by atoms with Gasteiger partial charge in [0.05, 0.1) is 12.2 Å². The molecule has 0 aromatic rings. The Bertz CT molecular complexity index is 213. The second kappa shape index (κ2) is 4.04. The highest BCUT2D eigenvalue weighted by Gasteiger charge is 2.35. The zero-order valence-electron chi connectivity index (χ0n) is 6.91. The van der Waals surface area contributed by atoms with E-state index in [1.165, 1.54) is 0 Å². The summed E-state index contributed by atoms with van der Waals surface area (Å²) in [7, 11) is -4.57. The van der Waals surface area contributed by atoms with Crippen molar-refractivity contribution in [2.45, 2.75) is 37.6 Å². The van der Waals surface area contributed by atoms with Crippen LogP contribution < -0.4 is 0 Å². The average Bonchev–Trinajstić information content (AvgIpc) is 1.96. The molecular formula is C6H13O6P. The van der Waals surface area contributed by atoms with Gasteiger partial charge in [-0.05, 0) is 19.3 Å². The first-order valence-electron chi connectivity index (χ1n) is 4.00. The molecule has 0 amide bonds. The van der Waals surface area contributed by atoms with E-state index in [9.17, 15) is 9.67 Å². The minimum atomic E-state index is -4.57. The number of rotatable bonds is 2. The molecule has 1 aliphatic carbocycles. The topological polar surface area (TPSA) is 107 Å². The number of phosphoric ester groups is 1. The SMILES string of the molecule is O=P(O)(O)OC1CCCC(O)C1O. The minimum absolute atomic E-state index is 0.351. The maximum Gasteiger partial charge on any atom is 0.469 e. The summed E-state index contributed by atoms with van der Waals surface area (Å²) in [5, 5.41) is 18.4. The van der Waals surface area contributed by atoms with E-state index >= 15 is 0 Å². The molecule has 78 valence electrons. The monoisotopic (exact) mass is 212 g/mol. The summed E-state index contributed by atoms with van der Waals surface area (Å²) in [6.07, 6.45) is -1.76. The Balaban J connectivity index is 2.54. The number of phosphoric acid groups is 1. The molecule has 0 heterocycles. The molecular weight excluding hydrogens is 199 g/mol. The van der Waals surface area contributed by atoms with Crippen molar-refractivity contribution in [1.29, 1.82) is 0 Å². The number of hydrogen-bond donors (Lipinski definition) is 4. The fourth-order valence-corrected chi connectivity index (χ4v) is 1.99. The van der Waals surface area contributed by atoms with Crippen LogP contribution in [0, 0.1) is 0 Å². The van der Waals surface area contributed by atoms with Gasteiger partial charge in [0.15, 0.2) is 0 Å². The van der Waals surface area contributed by atoms with Crippen LogP contribution in [0.4, 0.5) is 0 Å². The predicted molar refractivity (Wildman–Crippen MR) is 42.8 cm³/mol. The first kappa shape index (κ1) is 11.1. The van der Waals surface area contributed by atoms with Crippen LogP contribution in [0.2, 0.25) is 0 Å². The second-order valence-electron chi connectivity index (χ2n) is 3.12. The fourth-order valence-electron chi connectivity index (χ4n) is 1.41. The largest absolute Gasteiger partial charge is 0.469 e. The lowest BCUT2D eigenvalue weighted by atomic mass is 9.92. The van der Waals surface area contributed by atoms with Gasteiger partial charge < -0.3 is 20.0 Å². The van der Waals surface area contributed by atoms with Gasteiger partial charge in [0.2, 0.25) is 0 Å². The van der Waals surface area contributed by atoms with Crippen molar-refractivity contribution in [3.8, 4) is 0 Å². The molecule has 1 saturated carbocycles. The Morgan fingerprint density at radius 2 is 1.85 bits per heavy atom. The molecule has 0 spiro atoms. The lowest BCUT2D eigenvalue weighted by Gasteiger charge is -2.31. The van der Waals surface area contributed by atoms with E-state index in [1.54, 1.807) is 0 Å². The van der Waals surface area contributed by atoms with E-state index < -0.39 is 26.1 Å². The van der Waals surface area contributed by atoms with Crippen LogP contribution in [0.3, 0.4) is 0 Å². The molecule has 0 aromatic heterocycles. The van der Waals surface area contributed by atoms with E-state index in [0.717, 1.165) is 0 Å². The van der Waals surface area contributed by atoms with Crippen molar-refractivity contribution in [3.63, 3.8) is 0 Å². The summed E-state index contributed by atoms with van der Waals surface area (Å²) in [6, 6.07) is 0. The van der Waals surface area contributed by atoms with E-state index in [2.05, 4.69) is 4.52 Å². The number of aliphatic hydroxyl groups excluding tert-OH is 2. The van der Waals surface area contributed by atoms with Crippen molar-refractivity contribution < 1.29 is 29.1 Å². The van der Waals surface area contributed by atoms with Crippen molar-refractivity contribution in [2.24, 2.45) is 0 Å². The fraction of sp³-hybridized carbons (Fsp3) is 1.00. The standard InChI is InChI=1S/C6H13O6P/c7-4-2-1-3-5(6(4)8)12-13(9,10)11/h4-8H,1-3H2,(H2,9,10,11). The third-order valence-corrected chi connectivity index (χ3v) is 2.58. The molecule has 1 fully saturated rings. The van der Waals surface area contributed by atoms with Crippen LogP contribution in [0.5, 0.6) is 0 Å². The third-order valence-electron chi connectivity index (χ3n) is 2.04. The number of aliphatic hydroxyl groups is 2. The summed E-state index contributed by atoms with van der Waals surface area (Å²) >= 11 is 0. The molecule has 6 nitrogen and oxygen atoms in total. The molecule has 0 saturated heterocycles. The minimum Gasteiger partial charge on any atom is -0.390 e. The maximum atomic E-state index is 10.4. The highest BCUT2D eigenvalue weighted by molar-refractivity contribution is 7.46. The van der Waals surface area contributed by atoms with Gasteiger partial charge in [-0.15, -0.1) is 0 Å². The van der Waals surface area contributed by atoms with Crippen LogP contribution >= 0.6 is 7.82 Å². The van der Waals surface area contributed by atoms with Gasteiger partial charge in [-0.1, -0.05) is 0 Å². The van der Waals surface area contributed by atoms with Crippen LogP contribution in [-0.4, -0.2) is 38.3 Å². The summed E-state index contributed by atoms with van der Waals surface area (Å²) in [5.41, 5.74) is 0. The second-order valence-corrected chi connectivity index (χ2v) is 4.32. The van der Waals surface area contributed by atoms with Crippen LogP contribution in [0.1, 0.15) is 19.3 Å². The normalized spacial score (nSPS) is 36.2. The Labute approximate surface area is 75.4 Å². The van der Waals surface area contributed by atoms with Gasteiger partial charge in [0.1, 0.15) is 6.10 Å². The quantitative estimate of drug-likeness (QED) is 0.454. The van der Waals surface area contributed by atoms with Crippen molar-refractivity contribution >= 4 is 7.82 Å². The van der Waals surface area contributed by atoms with E-state index in [1.807, 2.05) is 0 Å². The van der Waals surface area contributed by atoms with Gasteiger partial charge in [-0.3, -0.25) is 4.52 Å². The molecule has 0 aromatic carbocycles. The highest BCUT2D eigenvalue weighted by atomic mass is 31.2. The van der Waals surface area contributed by atoms with Crippen molar-refractivity contribution in [2.75, 3.05) is 0 Å². The molecule has 13 heavy (non-hydrogen) atoms. The van der Waals surface area contributed by atoms with E-state index in [0.29, 0.717) is 19.3 Å². The Kier molecular flexibility index (Phi) is 3.45. The van der Waals surface area contributed by atoms with Gasteiger partial charge in [0, 0.05) is 0 Å². The molecule has 1 rings (SSSR count). The van der Waals surface area contributed by atoms with Crippen molar-refractivity contribution in [3.05, 3.63) is 0 Å². The number of hydrogen-bond acceptors (Lipinski definition) is 4. The zero-order chi connectivity index (χ0) is 10.1. The Hall–Kier alpha value is 0.0300. The van der Waals surface area contributed by atoms with Crippen molar-refractivity contribution in [1.82, 2.24) is 0 Å². The molecule has 4 N–H and O–H groups in total. The predicted octanol–water partition coefficient (Wildman–Crippen LogP) is -0.630. The van der Waals surface area contributed by atoms with E-state index in [4.69, 9.17) is 14.9 Å². The van der Waals surface area contributed by atoms with Gasteiger partial charge in [0.25, 0.3) is 0 Å². The summed E-state index contributed by atoms with van der Waals surface area (Å²) < 4.78 is 14.7. The van der Waals surface area contributed by atoms with E-state index in [-0.39, 0.29) is 0 Å². The Morgan fingerprint density at radius 3 is 2.38 bits per heavy atom. The summed E-state index contributed by atoms with van der Waals surface area (Å²) in [5.74, 6) is 0. The lowest BCUT2D eigenvalue weighted by molar-refractivity contribution is -0.0813. The molecule has 3 unspecified atom stereocenters. The third kappa shape index (κ3) is 3.34. The van der Waals surface area contributed by atoms with Gasteiger partial charge in [-0.2, -0.15) is 0 Å². The molecule has 0 bridgehead atoms. The van der Waals surface area contributed by atoms with Crippen LogP contribution in [0.15, 0.2) is 0 Å². The lowest BCUT2D eigenvalue weighted by Crippen LogP contribution is -2.42. The molecule has 7 heteroatoms. The zero-order valence-corrected chi connectivity index (χ0v) is 7.80. The van der Waals surface area contributed by atoms with Gasteiger partial charge >= 0.3 is 7.82 Å². The van der Waals surface area contributed by atoms with Gasteiger partial charge in [-0.25, -0.2) is 4.57 Å². The molecule has 1 aliphatic rings. The summed E-state index contributed by atoms with van der Waals surface area (Å²) in [6.45, 7) is 0. The Morgan fingerprint density at radius 1 is 1.23 bits per heavy atom. The first-order chi connectivity index (χ1) is 5.90. The van der Waals surface area contributed by atoms with Crippen LogP contribution in [-0.2, 0) is 9.09 Å². The van der Waals surface area contributed by atoms with Crippen LogP contribution in [0.25, 0.3) is 0 Å².